The van der Waals surface area contributed by atoms with Crippen LogP contribution >= 0.6 is 11.6 Å². The van der Waals surface area contributed by atoms with E-state index in [1.54, 1.807) is 18.2 Å². The van der Waals surface area contributed by atoms with Crippen molar-refractivity contribution in [3.8, 4) is 0 Å². The van der Waals surface area contributed by atoms with Crippen LogP contribution in [0.3, 0.4) is 0 Å². The summed E-state index contributed by atoms with van der Waals surface area (Å²) in [6.45, 7) is 7.29. The highest BCUT2D eigenvalue weighted by Gasteiger charge is 2.50. The Bertz CT molecular complexity index is 1610. The molecule has 0 amide bonds. The Balaban J connectivity index is 1.51. The zero-order valence-electron chi connectivity index (χ0n) is 19.2. The molecule has 2 atom stereocenters. The maximum atomic E-state index is 13.7. The molecule has 1 aromatic heterocycles. The smallest absolute Gasteiger partial charge is 0.196 e. The monoisotopic (exact) mass is 466 g/mol. The summed E-state index contributed by atoms with van der Waals surface area (Å²) in [5.74, 6) is 0.114. The topological polar surface area (TPSA) is 51.1 Å². The van der Waals surface area contributed by atoms with Crippen molar-refractivity contribution < 1.29 is 9.59 Å². The van der Waals surface area contributed by atoms with Crippen LogP contribution in [0.25, 0.3) is 10.9 Å². The molecular formula is C29H23ClN2O2. The second-order valence-electron chi connectivity index (χ2n) is 10.4. The molecule has 1 aliphatic carbocycles. The van der Waals surface area contributed by atoms with Crippen LogP contribution in [0.15, 0.2) is 54.6 Å². The molecule has 0 spiro atoms. The molecular weight excluding hydrogens is 444 g/mol. The second kappa shape index (κ2) is 6.39. The summed E-state index contributed by atoms with van der Waals surface area (Å²) < 4.78 is 2.35. The van der Waals surface area contributed by atoms with Gasteiger partial charge in [0, 0.05) is 57.2 Å². The maximum Gasteiger partial charge on any atom is 0.196 e. The third-order valence-corrected chi connectivity index (χ3v) is 8.50. The minimum Gasteiger partial charge on any atom is -0.379 e. The molecule has 3 aliphatic rings. The molecule has 0 saturated carbocycles. The van der Waals surface area contributed by atoms with Gasteiger partial charge in [0.15, 0.2) is 11.6 Å². The highest BCUT2D eigenvalue weighted by atomic mass is 35.5. The van der Waals surface area contributed by atoms with Crippen LogP contribution in [0.5, 0.6) is 0 Å². The molecule has 1 N–H and O–H groups in total. The second-order valence-corrected chi connectivity index (χ2v) is 10.8. The molecule has 2 aliphatic heterocycles. The van der Waals surface area contributed by atoms with Gasteiger partial charge in [0.05, 0.1) is 16.3 Å². The first-order valence-corrected chi connectivity index (χ1v) is 12.1. The predicted octanol–water partition coefficient (Wildman–Crippen LogP) is 6.34. The minimum absolute atomic E-state index is 0.0387. The summed E-state index contributed by atoms with van der Waals surface area (Å²) >= 11 is 7.05. The number of fused-ring (bicyclic) bond motifs is 10. The maximum absolute atomic E-state index is 13.7. The lowest BCUT2D eigenvalue weighted by Gasteiger charge is -2.44. The molecule has 0 saturated heterocycles. The van der Waals surface area contributed by atoms with Crippen LogP contribution in [0, 0.1) is 12.8 Å². The number of halogens is 1. The van der Waals surface area contributed by atoms with Gasteiger partial charge >= 0.3 is 0 Å². The third-order valence-electron chi connectivity index (χ3n) is 8.11. The van der Waals surface area contributed by atoms with E-state index in [-0.39, 0.29) is 28.9 Å². The fourth-order valence-electron chi connectivity index (χ4n) is 6.46. The third kappa shape index (κ3) is 2.34. The highest BCUT2D eigenvalue weighted by Crippen LogP contribution is 2.56. The molecule has 5 heteroatoms. The van der Waals surface area contributed by atoms with Crippen molar-refractivity contribution in [2.45, 2.75) is 38.8 Å². The number of carbonyl (C=O) groups excluding carboxylic acids is 2. The fourth-order valence-corrected chi connectivity index (χ4v) is 6.83. The number of aromatic nitrogens is 1. The molecule has 4 nitrogen and oxygen atoms in total. The van der Waals surface area contributed by atoms with Crippen molar-refractivity contribution in [1.29, 1.82) is 0 Å². The van der Waals surface area contributed by atoms with Crippen LogP contribution in [0.1, 0.15) is 68.4 Å². The lowest BCUT2D eigenvalue weighted by atomic mass is 9.69. The van der Waals surface area contributed by atoms with Gasteiger partial charge in [-0.2, -0.15) is 0 Å². The molecule has 4 aromatic rings. The number of carbonyl (C=O) groups is 2. The van der Waals surface area contributed by atoms with Gasteiger partial charge in [-0.15, -0.1) is 0 Å². The number of hydrogen-bond acceptors (Lipinski definition) is 3. The number of anilines is 1. The van der Waals surface area contributed by atoms with Crippen LogP contribution in [-0.2, 0) is 6.54 Å². The van der Waals surface area contributed by atoms with E-state index in [1.807, 2.05) is 18.2 Å². The van der Waals surface area contributed by atoms with Crippen LogP contribution < -0.4 is 5.32 Å². The molecule has 7 rings (SSSR count). The number of nitrogens with one attached hydrogen (secondary N) is 1. The molecule has 34 heavy (non-hydrogen) atoms. The van der Waals surface area contributed by atoms with Crippen molar-refractivity contribution in [3.05, 3.63) is 98.7 Å². The first-order valence-electron chi connectivity index (χ1n) is 11.7. The van der Waals surface area contributed by atoms with E-state index in [0.29, 0.717) is 22.3 Å². The molecule has 0 fully saturated rings. The fraction of sp³-hybridized carbons (Fsp3) is 0.241. The number of benzene rings is 3. The van der Waals surface area contributed by atoms with Gasteiger partial charge in [0.2, 0.25) is 0 Å². The summed E-state index contributed by atoms with van der Waals surface area (Å²) in [6.07, 6.45) is 0. The summed E-state index contributed by atoms with van der Waals surface area (Å²) in [7, 11) is 0. The number of nitrogens with zero attached hydrogens (tertiary/aromatic N) is 1. The quantitative estimate of drug-likeness (QED) is 0.289. The van der Waals surface area contributed by atoms with Gasteiger partial charge in [0.1, 0.15) is 0 Å². The average Bonchev–Trinajstić information content (AvgIpc) is 3.34. The zero-order valence-corrected chi connectivity index (χ0v) is 20.0. The molecule has 3 heterocycles. The summed E-state index contributed by atoms with van der Waals surface area (Å²) in [5, 5.41) is 5.56. The van der Waals surface area contributed by atoms with Crippen molar-refractivity contribution in [1.82, 2.24) is 4.57 Å². The van der Waals surface area contributed by atoms with E-state index in [2.05, 4.69) is 48.9 Å². The van der Waals surface area contributed by atoms with Crippen molar-refractivity contribution in [2.75, 3.05) is 5.32 Å². The van der Waals surface area contributed by atoms with Crippen LogP contribution in [0.4, 0.5) is 5.69 Å². The van der Waals surface area contributed by atoms with Gasteiger partial charge in [0.25, 0.3) is 0 Å². The van der Waals surface area contributed by atoms with Crippen molar-refractivity contribution in [3.63, 3.8) is 0 Å². The Hall–Kier alpha value is -3.37. The largest absolute Gasteiger partial charge is 0.379 e. The molecule has 168 valence electrons. The normalized spacial score (nSPS) is 21.4. The summed E-state index contributed by atoms with van der Waals surface area (Å²) in [5.41, 5.74) is 6.89. The first-order chi connectivity index (χ1) is 16.3. The van der Waals surface area contributed by atoms with Crippen LogP contribution in [0.2, 0.25) is 5.02 Å². The summed E-state index contributed by atoms with van der Waals surface area (Å²) in [4.78, 5) is 27.0. The Morgan fingerprint density at radius 3 is 2.47 bits per heavy atom. The van der Waals surface area contributed by atoms with E-state index in [4.69, 9.17) is 11.6 Å². The van der Waals surface area contributed by atoms with E-state index < -0.39 is 0 Å². The van der Waals surface area contributed by atoms with Gasteiger partial charge in [-0.1, -0.05) is 53.6 Å². The zero-order chi connectivity index (χ0) is 23.5. The SMILES string of the molecule is Cc1ccc2c(c1)c(Cl)c1n2C[C@H]2[C@@H]1c1ccc3c(c1NC2(C)C)C(=O)c1ccccc1C3=O. The van der Waals surface area contributed by atoms with E-state index in [0.717, 1.165) is 39.4 Å². The Morgan fingerprint density at radius 1 is 0.971 bits per heavy atom. The lowest BCUT2D eigenvalue weighted by Crippen LogP contribution is -2.46. The lowest BCUT2D eigenvalue weighted by molar-refractivity contribution is 0.0979. The standard InChI is InChI=1S/C29H23ClN2O2/c1-14-8-11-21-19(12-14)24(30)26-22-17-9-10-18-23(25(17)31-29(2,3)20(22)13-32(21)26)28(34)16-7-5-4-6-15(16)27(18)33/h4-12,20,22,31H,13H2,1-3H3/t20-,22-/m0/s1. The molecule has 0 bridgehead atoms. The Morgan fingerprint density at radius 2 is 1.71 bits per heavy atom. The van der Waals surface area contributed by atoms with Gasteiger partial charge < -0.3 is 9.88 Å². The number of aryl methyl sites for hydroxylation is 1. The molecule has 0 radical (unpaired) electrons. The van der Waals surface area contributed by atoms with Crippen molar-refractivity contribution in [2.24, 2.45) is 5.92 Å². The first kappa shape index (κ1) is 20.0. The van der Waals surface area contributed by atoms with Gasteiger partial charge in [-0.3, -0.25) is 9.59 Å². The van der Waals surface area contributed by atoms with E-state index in [9.17, 15) is 9.59 Å². The Kier molecular flexibility index (Phi) is 3.77. The van der Waals surface area contributed by atoms with Gasteiger partial charge in [-0.05, 0) is 44.5 Å². The predicted molar refractivity (Wildman–Crippen MR) is 134 cm³/mol. The van der Waals surface area contributed by atoms with E-state index in [1.165, 1.54) is 5.56 Å². The molecule has 0 unspecified atom stereocenters. The minimum atomic E-state index is -0.299. The highest BCUT2D eigenvalue weighted by molar-refractivity contribution is 6.36. The number of rotatable bonds is 0. The molecule has 3 aromatic carbocycles. The average molecular weight is 467 g/mol. The van der Waals surface area contributed by atoms with E-state index >= 15 is 0 Å². The van der Waals surface area contributed by atoms with Gasteiger partial charge in [-0.25, -0.2) is 0 Å². The number of hydrogen-bond donors (Lipinski definition) is 1. The van der Waals surface area contributed by atoms with Crippen LogP contribution in [-0.4, -0.2) is 21.7 Å². The summed E-state index contributed by atoms with van der Waals surface area (Å²) in [6, 6.07) is 17.4. The Labute approximate surface area is 202 Å². The number of ketones is 2. The van der Waals surface area contributed by atoms with Crippen molar-refractivity contribution >= 4 is 39.8 Å².